The molecule has 1 atom stereocenters. The van der Waals surface area contributed by atoms with Gasteiger partial charge in [-0.05, 0) is 18.2 Å². The second-order valence-electron chi connectivity index (χ2n) is 9.85. The van der Waals surface area contributed by atoms with E-state index in [0.717, 1.165) is 35.7 Å². The fourth-order valence-electron chi connectivity index (χ4n) is 4.86. The zero-order valence-corrected chi connectivity index (χ0v) is 22.8. The van der Waals surface area contributed by atoms with Crippen molar-refractivity contribution in [3.05, 3.63) is 59.7 Å². The van der Waals surface area contributed by atoms with E-state index < -0.39 is 0 Å². The maximum absolute atomic E-state index is 13.8. The molecule has 1 saturated heterocycles. The van der Waals surface area contributed by atoms with Crippen molar-refractivity contribution in [3.8, 4) is 11.5 Å². The Bertz CT molecular complexity index is 1150. The Morgan fingerprint density at radius 2 is 1.84 bits per heavy atom. The SMILES string of the molecule is COc1cccc(C2=NN(C(=O)CN(CCN3CCOCC3)C(=O)C(C)C)C(c3ccccc3OC)C2)c1. The Morgan fingerprint density at radius 3 is 2.55 bits per heavy atom. The summed E-state index contributed by atoms with van der Waals surface area (Å²) in [5.41, 5.74) is 2.55. The number of carbonyl (C=O) groups is 2. The second-order valence-corrected chi connectivity index (χ2v) is 9.85. The molecule has 2 aliphatic rings. The van der Waals surface area contributed by atoms with Gasteiger partial charge in [0.2, 0.25) is 5.91 Å². The second kappa shape index (κ2) is 12.9. The molecule has 204 valence electrons. The summed E-state index contributed by atoms with van der Waals surface area (Å²) in [4.78, 5) is 30.9. The number of rotatable bonds is 10. The summed E-state index contributed by atoms with van der Waals surface area (Å²) in [5.74, 6) is 0.929. The Morgan fingerprint density at radius 1 is 1.08 bits per heavy atom. The Labute approximate surface area is 224 Å². The number of carbonyl (C=O) groups excluding carboxylic acids is 2. The number of benzene rings is 2. The highest BCUT2D eigenvalue weighted by atomic mass is 16.5. The van der Waals surface area contributed by atoms with Gasteiger partial charge in [0.1, 0.15) is 18.0 Å². The van der Waals surface area contributed by atoms with Crippen molar-refractivity contribution in [1.82, 2.24) is 14.8 Å². The van der Waals surface area contributed by atoms with E-state index in [4.69, 9.17) is 19.3 Å². The molecule has 9 nitrogen and oxygen atoms in total. The van der Waals surface area contributed by atoms with Gasteiger partial charge in [-0.2, -0.15) is 5.10 Å². The van der Waals surface area contributed by atoms with Crippen LogP contribution in [0.4, 0.5) is 0 Å². The minimum atomic E-state index is -0.352. The van der Waals surface area contributed by atoms with Crippen molar-refractivity contribution in [2.75, 3.05) is 60.2 Å². The van der Waals surface area contributed by atoms with Crippen molar-refractivity contribution in [1.29, 1.82) is 0 Å². The van der Waals surface area contributed by atoms with Gasteiger partial charge >= 0.3 is 0 Å². The van der Waals surface area contributed by atoms with Gasteiger partial charge in [0.05, 0.1) is 39.2 Å². The highest BCUT2D eigenvalue weighted by molar-refractivity contribution is 6.03. The zero-order valence-electron chi connectivity index (χ0n) is 22.8. The monoisotopic (exact) mass is 522 g/mol. The molecule has 0 spiro atoms. The number of nitrogens with zero attached hydrogens (tertiary/aromatic N) is 4. The molecular weight excluding hydrogens is 484 g/mol. The van der Waals surface area contributed by atoms with Crippen LogP contribution in [0.5, 0.6) is 11.5 Å². The highest BCUT2D eigenvalue weighted by Crippen LogP contribution is 2.37. The largest absolute Gasteiger partial charge is 0.497 e. The summed E-state index contributed by atoms with van der Waals surface area (Å²) < 4.78 is 16.5. The zero-order chi connectivity index (χ0) is 27.1. The van der Waals surface area contributed by atoms with Gasteiger partial charge in [-0.25, -0.2) is 5.01 Å². The van der Waals surface area contributed by atoms with Gasteiger partial charge in [0.25, 0.3) is 5.91 Å². The summed E-state index contributed by atoms with van der Waals surface area (Å²) in [5, 5.41) is 6.33. The van der Waals surface area contributed by atoms with E-state index in [1.165, 1.54) is 5.01 Å². The first-order chi connectivity index (χ1) is 18.4. The molecule has 2 aromatic carbocycles. The number of hydrogen-bond donors (Lipinski definition) is 0. The summed E-state index contributed by atoms with van der Waals surface area (Å²) in [7, 11) is 3.25. The number of amides is 2. The number of hydrogen-bond acceptors (Lipinski definition) is 7. The standard InChI is InChI=1S/C29H38N4O5/c1-21(2)29(35)32(13-12-31-14-16-38-17-15-31)20-28(34)33-26(24-10-5-6-11-27(24)37-4)19-25(30-33)22-8-7-9-23(18-22)36-3/h5-11,18,21,26H,12-17,19-20H2,1-4H3. The third kappa shape index (κ3) is 6.52. The number of hydrazone groups is 1. The van der Waals surface area contributed by atoms with Crippen LogP contribution in [0.1, 0.15) is 37.4 Å². The molecule has 4 rings (SSSR count). The van der Waals surface area contributed by atoms with E-state index in [-0.39, 0.29) is 30.3 Å². The summed E-state index contributed by atoms with van der Waals surface area (Å²) in [6.07, 6.45) is 0.519. The van der Waals surface area contributed by atoms with Crippen molar-refractivity contribution in [2.24, 2.45) is 11.0 Å². The van der Waals surface area contributed by atoms with Crippen LogP contribution in [0.15, 0.2) is 53.6 Å². The van der Waals surface area contributed by atoms with Crippen LogP contribution in [-0.4, -0.2) is 92.5 Å². The smallest absolute Gasteiger partial charge is 0.262 e. The number of para-hydroxylation sites is 1. The van der Waals surface area contributed by atoms with Gasteiger partial charge < -0.3 is 19.1 Å². The molecule has 2 heterocycles. The lowest BCUT2D eigenvalue weighted by Crippen LogP contribution is -2.47. The lowest BCUT2D eigenvalue weighted by Gasteiger charge is -2.32. The first-order valence-electron chi connectivity index (χ1n) is 13.2. The predicted molar refractivity (Wildman–Crippen MR) is 145 cm³/mol. The molecule has 9 heteroatoms. The molecule has 2 amide bonds. The molecule has 38 heavy (non-hydrogen) atoms. The maximum atomic E-state index is 13.8. The predicted octanol–water partition coefficient (Wildman–Crippen LogP) is 3.20. The van der Waals surface area contributed by atoms with Gasteiger partial charge in [-0.3, -0.25) is 14.5 Å². The van der Waals surface area contributed by atoms with Gasteiger partial charge in [-0.1, -0.05) is 44.2 Å². The average molecular weight is 523 g/mol. The fourth-order valence-corrected chi connectivity index (χ4v) is 4.86. The van der Waals surface area contributed by atoms with Crippen LogP contribution in [-0.2, 0) is 14.3 Å². The Balaban J connectivity index is 1.60. The minimum absolute atomic E-state index is 0.0398. The Hall–Kier alpha value is -3.43. The molecular formula is C29H38N4O5. The molecule has 1 fully saturated rings. The maximum Gasteiger partial charge on any atom is 0.262 e. The fraction of sp³-hybridized carbons (Fsp3) is 0.483. The van der Waals surface area contributed by atoms with Crippen molar-refractivity contribution >= 4 is 17.5 Å². The third-order valence-electron chi connectivity index (χ3n) is 6.99. The third-order valence-corrected chi connectivity index (χ3v) is 6.99. The summed E-state index contributed by atoms with van der Waals surface area (Å²) in [6, 6.07) is 15.0. The summed E-state index contributed by atoms with van der Waals surface area (Å²) >= 11 is 0. The van der Waals surface area contributed by atoms with E-state index >= 15 is 0 Å². The molecule has 1 unspecified atom stereocenters. The van der Waals surface area contributed by atoms with Crippen molar-refractivity contribution < 1.29 is 23.8 Å². The van der Waals surface area contributed by atoms with Crippen LogP contribution >= 0.6 is 0 Å². The molecule has 2 aliphatic heterocycles. The number of methoxy groups -OCH3 is 2. The minimum Gasteiger partial charge on any atom is -0.497 e. The van der Waals surface area contributed by atoms with E-state index in [1.807, 2.05) is 62.4 Å². The molecule has 0 bridgehead atoms. The van der Waals surface area contributed by atoms with E-state index in [9.17, 15) is 9.59 Å². The quantitative estimate of drug-likeness (QED) is 0.477. The van der Waals surface area contributed by atoms with Crippen molar-refractivity contribution in [2.45, 2.75) is 26.3 Å². The first kappa shape index (κ1) is 27.6. The van der Waals surface area contributed by atoms with Gasteiger partial charge in [0, 0.05) is 49.6 Å². The van der Waals surface area contributed by atoms with Crippen LogP contribution < -0.4 is 9.47 Å². The molecule has 0 aliphatic carbocycles. The molecule has 2 aromatic rings. The van der Waals surface area contributed by atoms with E-state index in [0.29, 0.717) is 38.5 Å². The number of ether oxygens (including phenoxy) is 3. The van der Waals surface area contributed by atoms with Crippen molar-refractivity contribution in [3.63, 3.8) is 0 Å². The highest BCUT2D eigenvalue weighted by Gasteiger charge is 2.36. The van der Waals surface area contributed by atoms with E-state index in [1.54, 1.807) is 19.1 Å². The lowest BCUT2D eigenvalue weighted by atomic mass is 9.97. The molecule has 0 aromatic heterocycles. The van der Waals surface area contributed by atoms with Gasteiger partial charge in [0.15, 0.2) is 0 Å². The van der Waals surface area contributed by atoms with Crippen LogP contribution in [0.25, 0.3) is 0 Å². The number of morpholine rings is 1. The van der Waals surface area contributed by atoms with Crippen LogP contribution in [0.2, 0.25) is 0 Å². The first-order valence-corrected chi connectivity index (χ1v) is 13.2. The summed E-state index contributed by atoms with van der Waals surface area (Å²) in [6.45, 7) is 7.89. The average Bonchev–Trinajstić information content (AvgIpc) is 3.41. The molecule has 0 N–H and O–H groups in total. The Kier molecular flexibility index (Phi) is 9.36. The molecule has 0 saturated carbocycles. The van der Waals surface area contributed by atoms with Crippen LogP contribution in [0.3, 0.4) is 0 Å². The van der Waals surface area contributed by atoms with E-state index in [2.05, 4.69) is 4.90 Å². The lowest BCUT2D eigenvalue weighted by molar-refractivity contribution is -0.143. The topological polar surface area (TPSA) is 83.9 Å². The molecule has 0 radical (unpaired) electrons. The van der Waals surface area contributed by atoms with Crippen LogP contribution in [0, 0.1) is 5.92 Å². The van der Waals surface area contributed by atoms with Gasteiger partial charge in [-0.15, -0.1) is 0 Å². The normalized spacial score (nSPS) is 17.9.